The van der Waals surface area contributed by atoms with Gasteiger partial charge in [-0.15, -0.1) is 0 Å². The van der Waals surface area contributed by atoms with Crippen molar-refractivity contribution in [3.63, 3.8) is 0 Å². The van der Waals surface area contributed by atoms with E-state index in [0.29, 0.717) is 10.7 Å². The van der Waals surface area contributed by atoms with E-state index < -0.39 is 0 Å². The second kappa shape index (κ2) is 3.91. The number of hydrogen-bond acceptors (Lipinski definition) is 1. The molecule has 0 aromatic rings. The maximum Gasteiger partial charge on any atom is 0.0256 e. The van der Waals surface area contributed by atoms with Gasteiger partial charge in [-0.05, 0) is 43.9 Å². The molecule has 2 atom stereocenters. The van der Waals surface area contributed by atoms with Crippen molar-refractivity contribution in [2.45, 2.75) is 43.8 Å². The minimum atomic E-state index is 0.490. The summed E-state index contributed by atoms with van der Waals surface area (Å²) >= 11 is 4.72. The zero-order chi connectivity index (χ0) is 9.15. The molecule has 2 aliphatic carbocycles. The molecule has 0 bridgehead atoms. The molecule has 0 saturated carbocycles. The van der Waals surface area contributed by atoms with Gasteiger partial charge in [0.15, 0.2) is 0 Å². The molecule has 0 N–H and O–H groups in total. The Morgan fingerprint density at radius 1 is 1.08 bits per heavy atom. The lowest BCUT2D eigenvalue weighted by atomic mass is 9.71. The van der Waals surface area contributed by atoms with Crippen LogP contribution in [-0.2, 0) is 0 Å². The third-order valence-electron chi connectivity index (χ3n) is 3.49. The molecule has 1 unspecified atom stereocenters. The average molecular weight is 194 g/mol. The second-order valence-electron chi connectivity index (χ2n) is 4.34. The zero-order valence-corrected chi connectivity index (χ0v) is 8.97. The molecule has 0 radical (unpaired) electrons. The quantitative estimate of drug-likeness (QED) is 0.440. The summed E-state index contributed by atoms with van der Waals surface area (Å²) in [4.78, 5) is 0. The molecule has 72 valence electrons. The van der Waals surface area contributed by atoms with Crippen molar-refractivity contribution in [3.05, 3.63) is 24.3 Å². The molecule has 2 aliphatic rings. The van der Waals surface area contributed by atoms with Crippen LogP contribution in [-0.4, -0.2) is 5.25 Å². The molecule has 1 spiro atoms. The first-order valence-electron chi connectivity index (χ1n) is 5.33. The van der Waals surface area contributed by atoms with Gasteiger partial charge >= 0.3 is 0 Å². The van der Waals surface area contributed by atoms with Crippen LogP contribution < -0.4 is 0 Å². The van der Waals surface area contributed by atoms with Crippen molar-refractivity contribution in [2.24, 2.45) is 5.41 Å². The van der Waals surface area contributed by atoms with Crippen LogP contribution in [0, 0.1) is 5.41 Å². The van der Waals surface area contributed by atoms with Crippen molar-refractivity contribution >= 4 is 12.6 Å². The summed E-state index contributed by atoms with van der Waals surface area (Å²) in [6.07, 6.45) is 17.1. The Bertz CT molecular complexity index is 229. The second-order valence-corrected chi connectivity index (χ2v) is 4.90. The molecule has 1 heteroatoms. The summed E-state index contributed by atoms with van der Waals surface area (Å²) in [5.74, 6) is 0. The van der Waals surface area contributed by atoms with Crippen molar-refractivity contribution in [2.75, 3.05) is 0 Å². The van der Waals surface area contributed by atoms with E-state index in [-0.39, 0.29) is 0 Å². The molecule has 0 fully saturated rings. The van der Waals surface area contributed by atoms with E-state index in [9.17, 15) is 0 Å². The fraction of sp³-hybridized carbons (Fsp3) is 0.667. The minimum Gasteiger partial charge on any atom is -0.171 e. The van der Waals surface area contributed by atoms with E-state index in [2.05, 4.69) is 24.3 Å². The first kappa shape index (κ1) is 9.39. The summed E-state index contributed by atoms with van der Waals surface area (Å²) in [5, 5.41) is 0.490. The van der Waals surface area contributed by atoms with Crippen LogP contribution in [0.4, 0.5) is 0 Å². The van der Waals surface area contributed by atoms with Crippen molar-refractivity contribution in [3.8, 4) is 0 Å². The summed E-state index contributed by atoms with van der Waals surface area (Å²) in [5.41, 5.74) is 0.491. The molecule has 0 amide bonds. The van der Waals surface area contributed by atoms with E-state index in [1.165, 1.54) is 38.5 Å². The van der Waals surface area contributed by atoms with Crippen LogP contribution in [0.2, 0.25) is 0 Å². The maximum absolute atomic E-state index is 4.72. The van der Waals surface area contributed by atoms with Gasteiger partial charge in [0.1, 0.15) is 0 Å². The lowest BCUT2D eigenvalue weighted by Crippen LogP contribution is -2.31. The van der Waals surface area contributed by atoms with Gasteiger partial charge < -0.3 is 0 Å². The molecular formula is C12H18S. The Hall–Kier alpha value is -0.170. The Balaban J connectivity index is 2.16. The fourth-order valence-electron chi connectivity index (χ4n) is 2.55. The van der Waals surface area contributed by atoms with E-state index in [1.807, 2.05) is 0 Å². The largest absolute Gasteiger partial charge is 0.171 e. The third kappa shape index (κ3) is 1.85. The Morgan fingerprint density at radius 2 is 2.00 bits per heavy atom. The lowest BCUT2D eigenvalue weighted by Gasteiger charge is -2.38. The highest BCUT2D eigenvalue weighted by molar-refractivity contribution is 7.81. The smallest absolute Gasteiger partial charge is 0.0256 e. The predicted octanol–water partition coefficient (Wildman–Crippen LogP) is 3.75. The van der Waals surface area contributed by atoms with E-state index in [4.69, 9.17) is 12.6 Å². The summed E-state index contributed by atoms with van der Waals surface area (Å²) in [6, 6.07) is 0. The highest BCUT2D eigenvalue weighted by atomic mass is 32.1. The molecular weight excluding hydrogens is 176 g/mol. The predicted molar refractivity (Wildman–Crippen MR) is 61.2 cm³/mol. The minimum absolute atomic E-state index is 0.490. The van der Waals surface area contributed by atoms with Gasteiger partial charge in [-0.3, -0.25) is 0 Å². The molecule has 0 aromatic heterocycles. The van der Waals surface area contributed by atoms with Crippen LogP contribution in [0.15, 0.2) is 24.3 Å². The van der Waals surface area contributed by atoms with Crippen LogP contribution in [0.1, 0.15) is 38.5 Å². The van der Waals surface area contributed by atoms with Crippen LogP contribution >= 0.6 is 12.6 Å². The zero-order valence-electron chi connectivity index (χ0n) is 8.08. The third-order valence-corrected chi connectivity index (χ3v) is 4.21. The summed E-state index contributed by atoms with van der Waals surface area (Å²) in [6.45, 7) is 0. The summed E-state index contributed by atoms with van der Waals surface area (Å²) in [7, 11) is 0. The SMILES string of the molecule is S[C@H]1C=CCCC12CC=CCCC2. The number of thiol groups is 1. The molecule has 0 heterocycles. The summed E-state index contributed by atoms with van der Waals surface area (Å²) < 4.78 is 0. The van der Waals surface area contributed by atoms with Gasteiger partial charge in [0.2, 0.25) is 0 Å². The van der Waals surface area contributed by atoms with Gasteiger partial charge in [-0.2, -0.15) is 12.6 Å². The normalized spacial score (nSPS) is 39.3. The number of rotatable bonds is 0. The maximum atomic E-state index is 4.72. The average Bonchev–Trinajstić information content (AvgIpc) is 2.37. The lowest BCUT2D eigenvalue weighted by molar-refractivity contribution is 0.247. The van der Waals surface area contributed by atoms with E-state index in [1.54, 1.807) is 0 Å². The fourth-order valence-corrected chi connectivity index (χ4v) is 3.04. The highest BCUT2D eigenvalue weighted by Crippen LogP contribution is 2.45. The van der Waals surface area contributed by atoms with E-state index in [0.717, 1.165) is 0 Å². The van der Waals surface area contributed by atoms with Gasteiger partial charge in [0.25, 0.3) is 0 Å². The standard InChI is InChI=1S/C12H18S/c13-11-7-3-6-10-12(11)8-4-1-2-5-9-12/h1,3-4,7,11,13H,2,5-6,8-10H2/t11-,12?/m0/s1. The van der Waals surface area contributed by atoms with E-state index >= 15 is 0 Å². The molecule has 0 saturated heterocycles. The molecule has 2 rings (SSSR count). The number of allylic oxidation sites excluding steroid dienone is 3. The topological polar surface area (TPSA) is 0 Å². The van der Waals surface area contributed by atoms with Crippen molar-refractivity contribution < 1.29 is 0 Å². The van der Waals surface area contributed by atoms with Crippen LogP contribution in [0.3, 0.4) is 0 Å². The monoisotopic (exact) mass is 194 g/mol. The Kier molecular flexibility index (Phi) is 2.83. The van der Waals surface area contributed by atoms with Gasteiger partial charge in [0, 0.05) is 5.25 Å². The Labute approximate surface area is 86.5 Å². The van der Waals surface area contributed by atoms with Crippen molar-refractivity contribution in [1.29, 1.82) is 0 Å². The van der Waals surface area contributed by atoms with Crippen molar-refractivity contribution in [1.82, 2.24) is 0 Å². The van der Waals surface area contributed by atoms with Gasteiger partial charge in [0.05, 0.1) is 0 Å². The number of hydrogen-bond donors (Lipinski definition) is 1. The first-order chi connectivity index (χ1) is 6.33. The van der Waals surface area contributed by atoms with Gasteiger partial charge in [-0.25, -0.2) is 0 Å². The molecule has 0 aliphatic heterocycles. The van der Waals surface area contributed by atoms with Gasteiger partial charge in [-0.1, -0.05) is 24.3 Å². The van der Waals surface area contributed by atoms with Crippen LogP contribution in [0.25, 0.3) is 0 Å². The molecule has 13 heavy (non-hydrogen) atoms. The highest BCUT2D eigenvalue weighted by Gasteiger charge is 2.35. The first-order valence-corrected chi connectivity index (χ1v) is 5.85. The Morgan fingerprint density at radius 3 is 2.85 bits per heavy atom. The molecule has 0 nitrogen and oxygen atoms in total. The molecule has 0 aromatic carbocycles. The van der Waals surface area contributed by atoms with Crippen LogP contribution in [0.5, 0.6) is 0 Å².